The lowest BCUT2D eigenvalue weighted by Gasteiger charge is -2.26. The molecule has 6 heteroatoms. The fourth-order valence-corrected chi connectivity index (χ4v) is 3.84. The number of hydrogen-bond acceptors (Lipinski definition) is 3. The van der Waals surface area contributed by atoms with Gasteiger partial charge in [-0.1, -0.05) is 29.3 Å². The third-order valence-corrected chi connectivity index (χ3v) is 4.96. The molecule has 1 aliphatic heterocycles. The minimum absolute atomic E-state index is 0.0226. The molecule has 0 aliphatic carbocycles. The van der Waals surface area contributed by atoms with E-state index in [4.69, 9.17) is 27.9 Å². The van der Waals surface area contributed by atoms with Gasteiger partial charge < -0.3 is 9.64 Å². The van der Waals surface area contributed by atoms with E-state index in [1.165, 1.54) is 11.3 Å². The van der Waals surface area contributed by atoms with Gasteiger partial charge in [-0.15, -0.1) is 11.3 Å². The highest BCUT2D eigenvalue weighted by Gasteiger charge is 2.24. The second kappa shape index (κ2) is 5.29. The monoisotopic (exact) mass is 315 g/mol. The molecular weight excluding hydrogens is 305 g/mol. The Morgan fingerprint density at radius 2 is 2.00 bits per heavy atom. The van der Waals surface area contributed by atoms with Gasteiger partial charge in [0.1, 0.15) is 4.88 Å². The van der Waals surface area contributed by atoms with Crippen LogP contribution in [-0.2, 0) is 4.74 Å². The quantitative estimate of drug-likeness (QED) is 0.803. The Balaban J connectivity index is 2.00. The minimum Gasteiger partial charge on any atom is -0.378 e. The van der Waals surface area contributed by atoms with Crippen molar-refractivity contribution in [1.29, 1.82) is 0 Å². The fourth-order valence-electron chi connectivity index (χ4n) is 2.09. The molecule has 100 valence electrons. The molecule has 1 saturated heterocycles. The summed E-state index contributed by atoms with van der Waals surface area (Å²) < 4.78 is 6.19. The van der Waals surface area contributed by atoms with Crippen molar-refractivity contribution >= 4 is 50.5 Å². The first kappa shape index (κ1) is 13.2. The number of carbonyl (C=O) groups excluding carboxylic acids is 1. The summed E-state index contributed by atoms with van der Waals surface area (Å²) in [6.45, 7) is 2.40. The van der Waals surface area contributed by atoms with E-state index >= 15 is 0 Å². The number of thiophene rings is 1. The molecule has 3 nitrogen and oxygen atoms in total. The van der Waals surface area contributed by atoms with Crippen molar-refractivity contribution in [3.8, 4) is 0 Å². The summed E-state index contributed by atoms with van der Waals surface area (Å²) in [4.78, 5) is 14.8. The maximum Gasteiger partial charge on any atom is 0.265 e. The van der Waals surface area contributed by atoms with Gasteiger partial charge in [-0.2, -0.15) is 0 Å². The average Bonchev–Trinajstić information content (AvgIpc) is 2.75. The highest BCUT2D eigenvalue weighted by Crippen LogP contribution is 2.37. The molecule has 1 aromatic heterocycles. The van der Waals surface area contributed by atoms with Gasteiger partial charge in [0.2, 0.25) is 0 Å². The number of morpholine rings is 1. The summed E-state index contributed by atoms with van der Waals surface area (Å²) in [5.74, 6) is -0.0226. The van der Waals surface area contributed by atoms with Crippen LogP contribution in [0.5, 0.6) is 0 Å². The normalized spacial score (nSPS) is 16.0. The molecule has 0 spiro atoms. The number of ether oxygens (including phenoxy) is 1. The lowest BCUT2D eigenvalue weighted by atomic mass is 10.2. The molecule has 0 radical (unpaired) electrons. The first-order valence-corrected chi connectivity index (χ1v) is 7.48. The highest BCUT2D eigenvalue weighted by atomic mass is 35.5. The molecule has 0 unspecified atom stereocenters. The van der Waals surface area contributed by atoms with Crippen molar-refractivity contribution in [3.05, 3.63) is 33.1 Å². The van der Waals surface area contributed by atoms with Crippen LogP contribution in [0.4, 0.5) is 0 Å². The topological polar surface area (TPSA) is 29.5 Å². The lowest BCUT2D eigenvalue weighted by molar-refractivity contribution is 0.0306. The van der Waals surface area contributed by atoms with E-state index in [1.54, 1.807) is 11.0 Å². The van der Waals surface area contributed by atoms with Crippen molar-refractivity contribution in [2.45, 2.75) is 0 Å². The zero-order valence-electron chi connectivity index (χ0n) is 9.99. The van der Waals surface area contributed by atoms with Crippen LogP contribution >= 0.6 is 34.5 Å². The molecule has 3 rings (SSSR count). The maximum atomic E-state index is 12.4. The van der Waals surface area contributed by atoms with Crippen LogP contribution in [0.1, 0.15) is 9.67 Å². The Morgan fingerprint density at radius 3 is 2.74 bits per heavy atom. The summed E-state index contributed by atoms with van der Waals surface area (Å²) >= 11 is 13.7. The van der Waals surface area contributed by atoms with Crippen LogP contribution in [0.2, 0.25) is 10.0 Å². The number of nitrogens with zero attached hydrogens (tertiary/aromatic N) is 1. The van der Waals surface area contributed by atoms with Crippen molar-refractivity contribution in [2.75, 3.05) is 26.3 Å². The van der Waals surface area contributed by atoms with E-state index in [0.717, 1.165) is 10.1 Å². The van der Waals surface area contributed by atoms with Crippen molar-refractivity contribution < 1.29 is 9.53 Å². The molecular formula is C13H11Cl2NO2S. The maximum absolute atomic E-state index is 12.4. The smallest absolute Gasteiger partial charge is 0.265 e. The standard InChI is InChI=1S/C13H11Cl2NO2S/c14-8-1-2-9-10(7-8)19-12(11(9)15)13(17)16-3-5-18-6-4-16/h1-2,7H,3-6H2. The molecule has 0 atom stereocenters. The molecule has 19 heavy (non-hydrogen) atoms. The van der Waals surface area contributed by atoms with Crippen molar-refractivity contribution in [3.63, 3.8) is 0 Å². The molecule has 1 fully saturated rings. The Kier molecular flexibility index (Phi) is 3.67. The second-order valence-corrected chi connectivity index (χ2v) is 6.16. The predicted molar refractivity (Wildman–Crippen MR) is 78.6 cm³/mol. The molecule has 0 bridgehead atoms. The molecule has 0 N–H and O–H groups in total. The second-order valence-electron chi connectivity index (χ2n) is 4.29. The highest BCUT2D eigenvalue weighted by molar-refractivity contribution is 7.21. The average molecular weight is 316 g/mol. The predicted octanol–water partition coefficient (Wildman–Crippen LogP) is 3.68. The van der Waals surface area contributed by atoms with E-state index in [9.17, 15) is 4.79 Å². The van der Waals surface area contributed by atoms with Crippen molar-refractivity contribution in [1.82, 2.24) is 4.90 Å². The molecule has 1 aromatic carbocycles. The van der Waals surface area contributed by atoms with Crippen molar-refractivity contribution in [2.24, 2.45) is 0 Å². The van der Waals surface area contributed by atoms with Gasteiger partial charge >= 0.3 is 0 Å². The largest absolute Gasteiger partial charge is 0.378 e. The first-order valence-electron chi connectivity index (χ1n) is 5.91. The van der Waals surface area contributed by atoms with Crippen LogP contribution in [0.25, 0.3) is 10.1 Å². The van der Waals surface area contributed by atoms with Gasteiger partial charge in [-0.25, -0.2) is 0 Å². The van der Waals surface area contributed by atoms with E-state index in [-0.39, 0.29) is 5.91 Å². The van der Waals surface area contributed by atoms with Gasteiger partial charge in [0.25, 0.3) is 5.91 Å². The number of rotatable bonds is 1. The molecule has 1 aliphatic rings. The Bertz CT molecular complexity index is 635. The number of amides is 1. The number of fused-ring (bicyclic) bond motifs is 1. The van der Waals surface area contributed by atoms with Gasteiger partial charge in [0, 0.05) is 28.2 Å². The van der Waals surface area contributed by atoms with Gasteiger partial charge in [-0.3, -0.25) is 4.79 Å². The Morgan fingerprint density at radius 1 is 1.26 bits per heavy atom. The number of benzene rings is 1. The molecule has 2 heterocycles. The van der Waals surface area contributed by atoms with Crippen LogP contribution in [-0.4, -0.2) is 37.1 Å². The first-order chi connectivity index (χ1) is 9.16. The molecule has 2 aromatic rings. The number of hydrogen-bond donors (Lipinski definition) is 0. The zero-order valence-corrected chi connectivity index (χ0v) is 12.3. The van der Waals surface area contributed by atoms with Gasteiger partial charge in [0.15, 0.2) is 0 Å². The summed E-state index contributed by atoms with van der Waals surface area (Å²) in [7, 11) is 0. The number of halogens is 2. The van der Waals surface area contributed by atoms with E-state index in [2.05, 4.69) is 0 Å². The van der Waals surface area contributed by atoms with E-state index in [1.807, 2.05) is 12.1 Å². The summed E-state index contributed by atoms with van der Waals surface area (Å²) in [5, 5.41) is 2.05. The zero-order chi connectivity index (χ0) is 13.4. The summed E-state index contributed by atoms with van der Waals surface area (Å²) in [6.07, 6.45) is 0. The Labute approximate surface area is 124 Å². The third kappa shape index (κ3) is 2.46. The lowest BCUT2D eigenvalue weighted by Crippen LogP contribution is -2.40. The molecule has 0 saturated carbocycles. The summed E-state index contributed by atoms with van der Waals surface area (Å²) in [6, 6.07) is 5.47. The van der Waals surface area contributed by atoms with Crippen LogP contribution in [0.15, 0.2) is 18.2 Å². The van der Waals surface area contributed by atoms with Crippen LogP contribution < -0.4 is 0 Å². The van der Waals surface area contributed by atoms with E-state index < -0.39 is 0 Å². The van der Waals surface area contributed by atoms with Gasteiger partial charge in [-0.05, 0) is 12.1 Å². The Hall–Kier alpha value is -0.810. The summed E-state index contributed by atoms with van der Waals surface area (Å²) in [5.41, 5.74) is 0. The molecule has 1 amide bonds. The van der Waals surface area contributed by atoms with E-state index in [0.29, 0.717) is 41.2 Å². The number of carbonyl (C=O) groups is 1. The fraction of sp³-hybridized carbons (Fsp3) is 0.308. The SMILES string of the molecule is O=C(c1sc2cc(Cl)ccc2c1Cl)N1CCOCC1. The van der Waals surface area contributed by atoms with Gasteiger partial charge in [0.05, 0.1) is 18.2 Å². The van der Waals surface area contributed by atoms with Crippen LogP contribution in [0.3, 0.4) is 0 Å². The minimum atomic E-state index is -0.0226. The third-order valence-electron chi connectivity index (χ3n) is 3.08. The van der Waals surface area contributed by atoms with Crippen LogP contribution in [0, 0.1) is 0 Å².